The van der Waals surface area contributed by atoms with Crippen molar-refractivity contribution in [2.24, 2.45) is 0 Å². The molecule has 4 rings (SSSR count). The van der Waals surface area contributed by atoms with Gasteiger partial charge in [0.2, 0.25) is 0 Å². The number of hydrogen-bond donors (Lipinski definition) is 1. The van der Waals surface area contributed by atoms with Crippen LogP contribution in [0.15, 0.2) is 48.7 Å². The number of carbonyl (C=O) groups excluding carboxylic acids is 1. The lowest BCUT2D eigenvalue weighted by Crippen LogP contribution is -2.23. The number of carbonyl (C=O) groups is 1. The minimum atomic E-state index is -0.172. The molecule has 0 spiro atoms. The van der Waals surface area contributed by atoms with E-state index in [1.807, 2.05) is 48.7 Å². The number of unbranched alkanes of at least 4 members (excludes halogenated alkanes) is 3. The standard InChI is InChI=1S/C26H33N3O2/c1-2-3-4-8-18-24(30)31-22-16-10-9-15-21(22)25-26(27-20-13-6-5-7-14-20)29-19-12-11-17-23(29)28-25/h9-12,15-17,19-20,27H,2-8,13-14,18H2,1H3. The van der Waals surface area contributed by atoms with E-state index in [0.717, 1.165) is 48.4 Å². The summed E-state index contributed by atoms with van der Waals surface area (Å²) in [7, 11) is 0. The SMILES string of the molecule is CCCCCCC(=O)Oc1ccccc1-c1nc2ccccn2c1NC1CCCCC1. The van der Waals surface area contributed by atoms with Gasteiger partial charge in [-0.1, -0.05) is 63.6 Å². The Kier molecular flexibility index (Phi) is 7.23. The Morgan fingerprint density at radius 3 is 2.71 bits per heavy atom. The molecule has 2 heterocycles. The molecule has 0 saturated heterocycles. The molecule has 0 unspecified atom stereocenters. The van der Waals surface area contributed by atoms with Gasteiger partial charge in [-0.15, -0.1) is 0 Å². The Labute approximate surface area is 184 Å². The number of imidazole rings is 1. The second-order valence-corrected chi connectivity index (χ2v) is 8.50. The van der Waals surface area contributed by atoms with Crippen LogP contribution in [0.25, 0.3) is 16.9 Å². The van der Waals surface area contributed by atoms with Crippen molar-refractivity contribution in [2.45, 2.75) is 77.2 Å². The van der Waals surface area contributed by atoms with Crippen LogP contribution in [0.1, 0.15) is 71.1 Å². The maximum absolute atomic E-state index is 12.5. The van der Waals surface area contributed by atoms with Crippen molar-refractivity contribution >= 4 is 17.4 Å². The summed E-state index contributed by atoms with van der Waals surface area (Å²) >= 11 is 0. The van der Waals surface area contributed by atoms with E-state index in [9.17, 15) is 4.79 Å². The largest absolute Gasteiger partial charge is 0.426 e. The number of benzene rings is 1. The topological polar surface area (TPSA) is 55.6 Å². The van der Waals surface area contributed by atoms with Gasteiger partial charge in [-0.3, -0.25) is 9.20 Å². The van der Waals surface area contributed by atoms with Gasteiger partial charge in [0.15, 0.2) is 0 Å². The van der Waals surface area contributed by atoms with Crippen LogP contribution in [-0.4, -0.2) is 21.4 Å². The minimum absolute atomic E-state index is 0.172. The first-order valence-electron chi connectivity index (χ1n) is 11.8. The number of hydrogen-bond acceptors (Lipinski definition) is 4. The van der Waals surface area contributed by atoms with E-state index in [1.165, 1.54) is 32.1 Å². The highest BCUT2D eigenvalue weighted by Crippen LogP contribution is 2.36. The summed E-state index contributed by atoms with van der Waals surface area (Å²) in [5, 5.41) is 3.76. The monoisotopic (exact) mass is 419 g/mol. The lowest BCUT2D eigenvalue weighted by Gasteiger charge is -2.24. The molecule has 5 heteroatoms. The van der Waals surface area contributed by atoms with Crippen molar-refractivity contribution in [1.82, 2.24) is 9.38 Å². The average molecular weight is 420 g/mol. The van der Waals surface area contributed by atoms with E-state index >= 15 is 0 Å². The van der Waals surface area contributed by atoms with Gasteiger partial charge >= 0.3 is 5.97 Å². The Morgan fingerprint density at radius 1 is 1.06 bits per heavy atom. The van der Waals surface area contributed by atoms with Gasteiger partial charge in [0.1, 0.15) is 22.9 Å². The fourth-order valence-electron chi connectivity index (χ4n) is 4.38. The molecule has 2 aromatic heterocycles. The number of pyridine rings is 1. The minimum Gasteiger partial charge on any atom is -0.426 e. The average Bonchev–Trinajstić information content (AvgIpc) is 3.16. The second-order valence-electron chi connectivity index (χ2n) is 8.50. The first kappa shape index (κ1) is 21.4. The molecule has 0 bridgehead atoms. The van der Waals surface area contributed by atoms with E-state index in [1.54, 1.807) is 0 Å². The summed E-state index contributed by atoms with van der Waals surface area (Å²) in [6.45, 7) is 2.17. The highest BCUT2D eigenvalue weighted by molar-refractivity contribution is 5.83. The molecular weight excluding hydrogens is 386 g/mol. The summed E-state index contributed by atoms with van der Waals surface area (Å²) in [5.41, 5.74) is 2.58. The Morgan fingerprint density at radius 2 is 1.87 bits per heavy atom. The number of nitrogens with one attached hydrogen (secondary N) is 1. The van der Waals surface area contributed by atoms with E-state index in [0.29, 0.717) is 18.2 Å². The molecule has 1 saturated carbocycles. The van der Waals surface area contributed by atoms with Crippen LogP contribution in [0, 0.1) is 0 Å². The number of para-hydroxylation sites is 1. The summed E-state index contributed by atoms with van der Waals surface area (Å²) in [5.74, 6) is 1.39. The van der Waals surface area contributed by atoms with E-state index in [-0.39, 0.29) is 5.97 Å². The lowest BCUT2D eigenvalue weighted by molar-refractivity contribution is -0.134. The summed E-state index contributed by atoms with van der Waals surface area (Å²) < 4.78 is 7.91. The first-order valence-corrected chi connectivity index (χ1v) is 11.8. The van der Waals surface area contributed by atoms with Gasteiger partial charge in [-0.2, -0.15) is 0 Å². The van der Waals surface area contributed by atoms with Crippen LogP contribution in [0.2, 0.25) is 0 Å². The molecule has 1 fully saturated rings. The number of esters is 1. The van der Waals surface area contributed by atoms with Crippen molar-refractivity contribution in [3.05, 3.63) is 48.7 Å². The number of anilines is 1. The number of rotatable bonds is 9. The van der Waals surface area contributed by atoms with Crippen LogP contribution >= 0.6 is 0 Å². The third-order valence-corrected chi connectivity index (χ3v) is 6.08. The zero-order valence-corrected chi connectivity index (χ0v) is 18.5. The Balaban J connectivity index is 1.62. The quantitative estimate of drug-likeness (QED) is 0.240. The van der Waals surface area contributed by atoms with Gasteiger partial charge < -0.3 is 10.1 Å². The molecule has 0 radical (unpaired) electrons. The molecule has 1 N–H and O–H groups in total. The molecule has 1 aromatic carbocycles. The maximum Gasteiger partial charge on any atom is 0.311 e. The van der Waals surface area contributed by atoms with Crippen molar-refractivity contribution < 1.29 is 9.53 Å². The highest BCUT2D eigenvalue weighted by Gasteiger charge is 2.22. The van der Waals surface area contributed by atoms with E-state index in [4.69, 9.17) is 9.72 Å². The molecule has 164 valence electrons. The number of nitrogens with zero attached hydrogens (tertiary/aromatic N) is 2. The number of ether oxygens (including phenoxy) is 1. The third-order valence-electron chi connectivity index (χ3n) is 6.08. The molecule has 0 aliphatic heterocycles. The maximum atomic E-state index is 12.5. The zero-order valence-electron chi connectivity index (χ0n) is 18.5. The first-order chi connectivity index (χ1) is 15.3. The van der Waals surface area contributed by atoms with Crippen LogP contribution in [-0.2, 0) is 4.79 Å². The van der Waals surface area contributed by atoms with Crippen molar-refractivity contribution in [1.29, 1.82) is 0 Å². The molecule has 0 atom stereocenters. The van der Waals surface area contributed by atoms with E-state index < -0.39 is 0 Å². The Bertz CT molecular complexity index is 1000. The van der Waals surface area contributed by atoms with Crippen LogP contribution < -0.4 is 10.1 Å². The van der Waals surface area contributed by atoms with Gasteiger partial charge in [0.25, 0.3) is 0 Å². The fourth-order valence-corrected chi connectivity index (χ4v) is 4.38. The molecule has 31 heavy (non-hydrogen) atoms. The molecule has 1 aliphatic rings. The smallest absolute Gasteiger partial charge is 0.311 e. The molecule has 0 amide bonds. The molecule has 1 aliphatic carbocycles. The second kappa shape index (κ2) is 10.5. The summed E-state index contributed by atoms with van der Waals surface area (Å²) in [4.78, 5) is 17.4. The Hall–Kier alpha value is -2.82. The summed E-state index contributed by atoms with van der Waals surface area (Å²) in [6.07, 6.45) is 12.9. The predicted octanol–water partition coefficient (Wildman–Crippen LogP) is 6.62. The predicted molar refractivity (Wildman–Crippen MR) is 126 cm³/mol. The molecular formula is C26H33N3O2. The van der Waals surface area contributed by atoms with E-state index in [2.05, 4.69) is 16.6 Å². The molecule has 5 nitrogen and oxygen atoms in total. The van der Waals surface area contributed by atoms with Gasteiger partial charge in [0, 0.05) is 24.2 Å². The van der Waals surface area contributed by atoms with Crippen molar-refractivity contribution in [3.63, 3.8) is 0 Å². The third kappa shape index (κ3) is 5.27. The van der Waals surface area contributed by atoms with Crippen LogP contribution in [0.3, 0.4) is 0 Å². The van der Waals surface area contributed by atoms with Gasteiger partial charge in [0.05, 0.1) is 0 Å². The van der Waals surface area contributed by atoms with Gasteiger partial charge in [-0.05, 0) is 43.5 Å². The fraction of sp³-hybridized carbons (Fsp3) is 0.462. The normalized spacial score (nSPS) is 14.6. The van der Waals surface area contributed by atoms with Crippen LogP contribution in [0.5, 0.6) is 5.75 Å². The number of fused-ring (bicyclic) bond motifs is 1. The van der Waals surface area contributed by atoms with Crippen molar-refractivity contribution in [2.75, 3.05) is 5.32 Å². The zero-order chi connectivity index (χ0) is 21.5. The van der Waals surface area contributed by atoms with Gasteiger partial charge in [-0.25, -0.2) is 4.98 Å². The summed E-state index contributed by atoms with van der Waals surface area (Å²) in [6, 6.07) is 14.2. The van der Waals surface area contributed by atoms with Crippen molar-refractivity contribution in [3.8, 4) is 17.0 Å². The molecule has 3 aromatic rings. The highest BCUT2D eigenvalue weighted by atomic mass is 16.5. The number of aromatic nitrogens is 2. The van der Waals surface area contributed by atoms with Crippen LogP contribution in [0.4, 0.5) is 5.82 Å². The lowest BCUT2D eigenvalue weighted by atomic mass is 9.95.